The average molecular weight is 249 g/mol. The summed E-state index contributed by atoms with van der Waals surface area (Å²) in [5.74, 6) is 1.13. The first-order valence-corrected chi connectivity index (χ1v) is 7.04. The minimum absolute atomic E-state index is 0.00329. The molecular formula is C14H23N3O. The summed E-state index contributed by atoms with van der Waals surface area (Å²) in [6, 6.07) is 0.389. The highest BCUT2D eigenvalue weighted by molar-refractivity contribution is 5.32. The molecule has 0 aliphatic heterocycles. The van der Waals surface area contributed by atoms with Crippen LogP contribution in [0.1, 0.15) is 46.0 Å². The van der Waals surface area contributed by atoms with Crippen LogP contribution in [-0.2, 0) is 6.54 Å². The lowest BCUT2D eigenvalue weighted by atomic mass is 9.97. The second-order valence-corrected chi connectivity index (χ2v) is 5.23. The van der Waals surface area contributed by atoms with E-state index in [1.54, 1.807) is 17.0 Å². The van der Waals surface area contributed by atoms with Crippen molar-refractivity contribution < 1.29 is 0 Å². The molecule has 1 aromatic heterocycles. The van der Waals surface area contributed by atoms with Crippen LogP contribution in [0.3, 0.4) is 0 Å². The quantitative estimate of drug-likeness (QED) is 0.838. The second-order valence-electron chi connectivity index (χ2n) is 5.23. The van der Waals surface area contributed by atoms with E-state index >= 15 is 0 Å². The Balaban J connectivity index is 2.15. The summed E-state index contributed by atoms with van der Waals surface area (Å²) in [6.07, 6.45) is 9.69. The molecule has 1 aliphatic rings. The van der Waals surface area contributed by atoms with E-state index < -0.39 is 0 Å². The SMILES string of the molecule is CCn1ccnc(NC2CCCCCC2C)c1=O. The number of nitrogens with one attached hydrogen (secondary N) is 1. The molecule has 1 heterocycles. The summed E-state index contributed by atoms with van der Waals surface area (Å²) < 4.78 is 1.69. The van der Waals surface area contributed by atoms with E-state index in [9.17, 15) is 4.79 Å². The number of nitrogens with zero attached hydrogens (tertiary/aromatic N) is 2. The predicted molar refractivity (Wildman–Crippen MR) is 73.8 cm³/mol. The van der Waals surface area contributed by atoms with Crippen LogP contribution < -0.4 is 10.9 Å². The summed E-state index contributed by atoms with van der Waals surface area (Å²) >= 11 is 0. The highest BCUT2D eigenvalue weighted by Gasteiger charge is 2.21. The Hall–Kier alpha value is -1.32. The smallest absolute Gasteiger partial charge is 0.293 e. The number of hydrogen-bond acceptors (Lipinski definition) is 3. The molecule has 0 saturated heterocycles. The number of aryl methyl sites for hydroxylation is 1. The second kappa shape index (κ2) is 6.03. The maximum atomic E-state index is 12.1. The minimum Gasteiger partial charge on any atom is -0.362 e. The maximum absolute atomic E-state index is 12.1. The van der Waals surface area contributed by atoms with E-state index in [-0.39, 0.29) is 5.56 Å². The van der Waals surface area contributed by atoms with Crippen molar-refractivity contribution in [1.82, 2.24) is 9.55 Å². The van der Waals surface area contributed by atoms with Crippen molar-refractivity contribution in [3.63, 3.8) is 0 Å². The molecule has 1 N–H and O–H groups in total. The molecule has 1 saturated carbocycles. The van der Waals surface area contributed by atoms with Gasteiger partial charge >= 0.3 is 0 Å². The molecular weight excluding hydrogens is 226 g/mol. The van der Waals surface area contributed by atoms with Gasteiger partial charge in [0.1, 0.15) is 0 Å². The molecule has 4 heteroatoms. The monoisotopic (exact) mass is 249 g/mol. The fourth-order valence-electron chi connectivity index (χ4n) is 2.68. The zero-order chi connectivity index (χ0) is 13.0. The van der Waals surface area contributed by atoms with Crippen molar-refractivity contribution >= 4 is 5.82 Å². The van der Waals surface area contributed by atoms with Gasteiger partial charge in [-0.3, -0.25) is 4.79 Å². The lowest BCUT2D eigenvalue weighted by Gasteiger charge is -2.23. The molecule has 100 valence electrons. The van der Waals surface area contributed by atoms with Gasteiger partial charge in [-0.2, -0.15) is 0 Å². The van der Waals surface area contributed by atoms with Gasteiger partial charge < -0.3 is 9.88 Å². The van der Waals surface area contributed by atoms with Crippen LogP contribution in [-0.4, -0.2) is 15.6 Å². The Morgan fingerprint density at radius 1 is 1.39 bits per heavy atom. The standard InChI is InChI=1S/C14H23N3O/c1-3-17-10-9-15-13(14(17)18)16-12-8-6-4-5-7-11(12)2/h9-12H,3-8H2,1-2H3,(H,15,16). The first-order chi connectivity index (χ1) is 8.72. The number of rotatable bonds is 3. The van der Waals surface area contributed by atoms with Crippen LogP contribution in [0, 0.1) is 5.92 Å². The summed E-state index contributed by atoms with van der Waals surface area (Å²) in [7, 11) is 0. The highest BCUT2D eigenvalue weighted by Crippen LogP contribution is 2.24. The lowest BCUT2D eigenvalue weighted by molar-refractivity contribution is 0.454. The van der Waals surface area contributed by atoms with Crippen LogP contribution in [0.4, 0.5) is 5.82 Å². The Kier molecular flexibility index (Phi) is 4.39. The van der Waals surface area contributed by atoms with Crippen LogP contribution in [0.2, 0.25) is 0 Å². The molecule has 4 nitrogen and oxygen atoms in total. The van der Waals surface area contributed by atoms with Crippen molar-refractivity contribution in [2.75, 3.05) is 5.32 Å². The van der Waals surface area contributed by atoms with Crippen LogP contribution in [0.5, 0.6) is 0 Å². The molecule has 1 fully saturated rings. The molecule has 0 spiro atoms. The van der Waals surface area contributed by atoms with Gasteiger partial charge in [0.25, 0.3) is 5.56 Å². The van der Waals surface area contributed by atoms with Crippen molar-refractivity contribution in [1.29, 1.82) is 0 Å². The average Bonchev–Trinajstić information content (AvgIpc) is 2.57. The fraction of sp³-hybridized carbons (Fsp3) is 0.714. The topological polar surface area (TPSA) is 46.9 Å². The van der Waals surface area contributed by atoms with Crippen LogP contribution in [0.15, 0.2) is 17.2 Å². The molecule has 2 atom stereocenters. The minimum atomic E-state index is -0.00329. The van der Waals surface area contributed by atoms with Gasteiger partial charge in [0.05, 0.1) is 0 Å². The van der Waals surface area contributed by atoms with Crippen molar-refractivity contribution in [3.05, 3.63) is 22.7 Å². The van der Waals surface area contributed by atoms with Crippen molar-refractivity contribution in [2.45, 2.75) is 58.5 Å². The van der Waals surface area contributed by atoms with E-state index in [1.807, 2.05) is 6.92 Å². The van der Waals surface area contributed by atoms with E-state index in [1.165, 1.54) is 25.7 Å². The zero-order valence-electron chi connectivity index (χ0n) is 11.4. The van der Waals surface area contributed by atoms with Crippen LogP contribution >= 0.6 is 0 Å². The molecule has 0 bridgehead atoms. The van der Waals surface area contributed by atoms with Gasteiger partial charge in [-0.25, -0.2) is 4.98 Å². The molecule has 2 rings (SSSR count). The molecule has 0 radical (unpaired) electrons. The summed E-state index contributed by atoms with van der Waals surface area (Å²) in [4.78, 5) is 16.3. The first-order valence-electron chi connectivity index (χ1n) is 7.04. The molecule has 0 aromatic carbocycles. The first kappa shape index (κ1) is 13.1. The van der Waals surface area contributed by atoms with E-state index in [4.69, 9.17) is 0 Å². The van der Waals surface area contributed by atoms with Crippen molar-refractivity contribution in [3.8, 4) is 0 Å². The molecule has 1 aromatic rings. The van der Waals surface area contributed by atoms with Gasteiger partial charge in [0, 0.05) is 25.0 Å². The Bertz CT molecular complexity index is 441. The van der Waals surface area contributed by atoms with E-state index in [0.717, 1.165) is 6.42 Å². The molecule has 2 unspecified atom stereocenters. The normalized spacial score (nSPS) is 24.6. The largest absolute Gasteiger partial charge is 0.362 e. The third-order valence-electron chi connectivity index (χ3n) is 3.94. The Morgan fingerprint density at radius 2 is 2.17 bits per heavy atom. The summed E-state index contributed by atoms with van der Waals surface area (Å²) in [5.41, 5.74) is -0.00329. The Morgan fingerprint density at radius 3 is 2.94 bits per heavy atom. The van der Waals surface area contributed by atoms with Crippen LogP contribution in [0.25, 0.3) is 0 Å². The summed E-state index contributed by atoms with van der Waals surface area (Å²) in [6.45, 7) is 4.93. The number of anilines is 1. The molecule has 1 aliphatic carbocycles. The number of hydrogen-bond donors (Lipinski definition) is 1. The third-order valence-corrected chi connectivity index (χ3v) is 3.94. The van der Waals surface area contributed by atoms with Gasteiger partial charge in [-0.15, -0.1) is 0 Å². The van der Waals surface area contributed by atoms with Gasteiger partial charge in [0.15, 0.2) is 5.82 Å². The van der Waals surface area contributed by atoms with E-state index in [0.29, 0.717) is 24.3 Å². The molecule has 0 amide bonds. The lowest BCUT2D eigenvalue weighted by Crippen LogP contribution is -2.32. The van der Waals surface area contributed by atoms with Gasteiger partial charge in [0.2, 0.25) is 0 Å². The summed E-state index contributed by atoms with van der Waals surface area (Å²) in [5, 5.41) is 3.37. The third kappa shape index (κ3) is 2.92. The van der Waals surface area contributed by atoms with Crippen molar-refractivity contribution in [2.24, 2.45) is 5.92 Å². The maximum Gasteiger partial charge on any atom is 0.293 e. The molecule has 18 heavy (non-hydrogen) atoms. The fourth-order valence-corrected chi connectivity index (χ4v) is 2.68. The predicted octanol–water partition coefficient (Wildman–Crippen LogP) is 2.64. The van der Waals surface area contributed by atoms with Gasteiger partial charge in [-0.1, -0.05) is 26.2 Å². The zero-order valence-corrected chi connectivity index (χ0v) is 11.4. The van der Waals surface area contributed by atoms with Gasteiger partial charge in [-0.05, 0) is 25.7 Å². The Labute approximate surface area is 108 Å². The highest BCUT2D eigenvalue weighted by atomic mass is 16.1. The van der Waals surface area contributed by atoms with E-state index in [2.05, 4.69) is 17.2 Å². The number of aromatic nitrogens is 2.